The minimum absolute atomic E-state index is 0.511. The molecule has 0 radical (unpaired) electrons. The van der Waals surface area contributed by atoms with Gasteiger partial charge in [0.25, 0.3) is 0 Å². The van der Waals surface area contributed by atoms with Crippen molar-refractivity contribution < 1.29 is 0 Å². The molecule has 0 bridgehead atoms. The lowest BCUT2D eigenvalue weighted by Gasteiger charge is -1.81. The summed E-state index contributed by atoms with van der Waals surface area (Å²) >= 11 is 5.52. The summed E-state index contributed by atoms with van der Waals surface area (Å²) in [4.78, 5) is 7.52. The van der Waals surface area contributed by atoms with Crippen LogP contribution < -0.4 is 0 Å². The molecule has 1 N–H and O–H groups in total. The number of nitrogens with one attached hydrogen (secondary N) is 1. The Morgan fingerprint density at radius 3 is 3.00 bits per heavy atom. The van der Waals surface area contributed by atoms with Gasteiger partial charge in [-0.15, -0.1) is 11.6 Å². The molecule has 2 aromatic rings. The zero-order valence-corrected chi connectivity index (χ0v) is 7.75. The van der Waals surface area contributed by atoms with Crippen LogP contribution in [0.1, 0.15) is 5.82 Å². The van der Waals surface area contributed by atoms with E-state index in [4.69, 9.17) is 11.6 Å². The number of aromatic amines is 1. The number of rotatable bonds is 2. The molecule has 0 aliphatic rings. The molecule has 13 heavy (non-hydrogen) atoms. The maximum absolute atomic E-state index is 5.52. The summed E-state index contributed by atoms with van der Waals surface area (Å²) in [6.07, 6.45) is 3.74. The van der Waals surface area contributed by atoms with Gasteiger partial charge in [-0.05, 0) is 18.2 Å². The van der Waals surface area contributed by atoms with Crippen LogP contribution >= 0.6 is 11.6 Å². The molecule has 0 aliphatic heterocycles. The summed E-state index contributed by atoms with van der Waals surface area (Å²) in [7, 11) is 0. The maximum Gasteiger partial charge on any atom is 0.130 e. The van der Waals surface area contributed by atoms with Crippen molar-refractivity contribution in [1.82, 2.24) is 9.97 Å². The van der Waals surface area contributed by atoms with Crippen LogP contribution in [-0.4, -0.2) is 15.8 Å². The van der Waals surface area contributed by atoms with Crippen LogP contribution in [-0.2, 0) is 0 Å². The van der Waals surface area contributed by atoms with Gasteiger partial charge in [-0.3, -0.25) is 0 Å². The lowest BCUT2D eigenvalue weighted by Crippen LogP contribution is -1.72. The van der Waals surface area contributed by atoms with Crippen LogP contribution in [0.25, 0.3) is 17.1 Å². The zero-order valence-electron chi connectivity index (χ0n) is 7.00. The molecule has 0 amide bonds. The van der Waals surface area contributed by atoms with E-state index in [9.17, 15) is 0 Å². The van der Waals surface area contributed by atoms with Crippen molar-refractivity contribution in [3.05, 3.63) is 36.2 Å². The first-order valence-electron chi connectivity index (χ1n) is 4.07. The molecule has 0 saturated carbocycles. The van der Waals surface area contributed by atoms with E-state index in [1.54, 1.807) is 0 Å². The first-order valence-corrected chi connectivity index (χ1v) is 4.61. The average Bonchev–Trinajstić information content (AvgIpc) is 2.57. The van der Waals surface area contributed by atoms with Gasteiger partial charge in [0.15, 0.2) is 0 Å². The normalized spacial score (nSPS) is 11.5. The van der Waals surface area contributed by atoms with E-state index in [1.165, 1.54) is 0 Å². The zero-order chi connectivity index (χ0) is 9.10. The molecule has 1 aromatic carbocycles. The van der Waals surface area contributed by atoms with Gasteiger partial charge >= 0.3 is 0 Å². The number of fused-ring (bicyclic) bond motifs is 1. The summed E-state index contributed by atoms with van der Waals surface area (Å²) in [5, 5.41) is 0. The smallest absolute Gasteiger partial charge is 0.130 e. The highest BCUT2D eigenvalue weighted by molar-refractivity contribution is 6.19. The van der Waals surface area contributed by atoms with Crippen molar-refractivity contribution in [2.75, 3.05) is 5.88 Å². The summed E-state index contributed by atoms with van der Waals surface area (Å²) in [6.45, 7) is 0. The fraction of sp³-hybridized carbons (Fsp3) is 0.100. The number of hydrogen-bond acceptors (Lipinski definition) is 1. The molecule has 66 valence electrons. The van der Waals surface area contributed by atoms with Gasteiger partial charge in [-0.2, -0.15) is 0 Å². The monoisotopic (exact) mass is 192 g/mol. The Kier molecular flexibility index (Phi) is 2.32. The predicted octanol–water partition coefficient (Wildman–Crippen LogP) is 2.81. The highest BCUT2D eigenvalue weighted by Crippen LogP contribution is 2.10. The van der Waals surface area contributed by atoms with Gasteiger partial charge in [0, 0.05) is 5.88 Å². The number of nitrogens with zero attached hydrogens (tertiary/aromatic N) is 1. The van der Waals surface area contributed by atoms with Gasteiger partial charge in [-0.25, -0.2) is 4.98 Å². The lowest BCUT2D eigenvalue weighted by molar-refractivity contribution is 1.29. The second kappa shape index (κ2) is 3.62. The predicted molar refractivity (Wildman–Crippen MR) is 55.8 cm³/mol. The molecule has 0 atom stereocenters. The first kappa shape index (κ1) is 8.32. The van der Waals surface area contributed by atoms with Gasteiger partial charge in [0.05, 0.1) is 11.0 Å². The van der Waals surface area contributed by atoms with Crippen LogP contribution in [0, 0.1) is 0 Å². The fourth-order valence-electron chi connectivity index (χ4n) is 1.21. The Bertz CT molecular complexity index is 398. The molecule has 0 fully saturated rings. The second-order valence-electron chi connectivity index (χ2n) is 2.70. The van der Waals surface area contributed by atoms with E-state index < -0.39 is 0 Å². The molecular weight excluding hydrogens is 184 g/mol. The van der Waals surface area contributed by atoms with Crippen molar-refractivity contribution in [3.63, 3.8) is 0 Å². The molecule has 0 unspecified atom stereocenters. The summed E-state index contributed by atoms with van der Waals surface area (Å²) in [6, 6.07) is 7.93. The topological polar surface area (TPSA) is 28.7 Å². The number of halogens is 1. The third kappa shape index (κ3) is 1.73. The Labute approximate surface area is 81.3 Å². The van der Waals surface area contributed by atoms with E-state index in [2.05, 4.69) is 9.97 Å². The Hall–Kier alpha value is -1.28. The van der Waals surface area contributed by atoms with E-state index in [0.29, 0.717) is 5.88 Å². The quantitative estimate of drug-likeness (QED) is 0.729. The van der Waals surface area contributed by atoms with Crippen molar-refractivity contribution >= 4 is 28.7 Å². The molecule has 1 heterocycles. The number of aromatic nitrogens is 2. The number of allylic oxidation sites excluding steroid dienone is 1. The Morgan fingerprint density at radius 1 is 1.38 bits per heavy atom. The third-order valence-corrected chi connectivity index (χ3v) is 1.95. The van der Waals surface area contributed by atoms with E-state index in [0.717, 1.165) is 16.9 Å². The standard InChI is InChI=1S/C10H9ClN2/c11-7-3-6-10-12-8-4-1-2-5-9(8)13-10/h1-6H,7H2,(H,12,13). The number of benzene rings is 1. The minimum atomic E-state index is 0.511. The SMILES string of the molecule is ClCC=Cc1nc2ccccc2[nH]1. The summed E-state index contributed by atoms with van der Waals surface area (Å²) in [5.41, 5.74) is 2.04. The average molecular weight is 193 g/mol. The number of imidazole rings is 1. The van der Waals surface area contributed by atoms with E-state index in [-0.39, 0.29) is 0 Å². The number of para-hydroxylation sites is 2. The van der Waals surface area contributed by atoms with Gasteiger partial charge < -0.3 is 4.98 Å². The fourth-order valence-corrected chi connectivity index (χ4v) is 1.30. The van der Waals surface area contributed by atoms with Crippen LogP contribution in [0.2, 0.25) is 0 Å². The van der Waals surface area contributed by atoms with Crippen molar-refractivity contribution in [1.29, 1.82) is 0 Å². The van der Waals surface area contributed by atoms with E-state index >= 15 is 0 Å². The molecule has 2 rings (SSSR count). The first-order chi connectivity index (χ1) is 6.40. The molecule has 2 nitrogen and oxygen atoms in total. The van der Waals surface area contributed by atoms with Crippen LogP contribution in [0.5, 0.6) is 0 Å². The highest BCUT2D eigenvalue weighted by Gasteiger charge is 1.96. The molecule has 1 aromatic heterocycles. The minimum Gasteiger partial charge on any atom is -0.338 e. The molecule has 0 saturated heterocycles. The van der Waals surface area contributed by atoms with E-state index in [1.807, 2.05) is 36.4 Å². The maximum atomic E-state index is 5.52. The van der Waals surface area contributed by atoms with Crippen LogP contribution in [0.15, 0.2) is 30.3 Å². The van der Waals surface area contributed by atoms with Crippen LogP contribution in [0.3, 0.4) is 0 Å². The van der Waals surface area contributed by atoms with Crippen molar-refractivity contribution in [2.45, 2.75) is 0 Å². The molecule has 0 aliphatic carbocycles. The van der Waals surface area contributed by atoms with Gasteiger partial charge in [0.2, 0.25) is 0 Å². The summed E-state index contributed by atoms with van der Waals surface area (Å²) < 4.78 is 0. The number of alkyl halides is 1. The molecular formula is C10H9ClN2. The number of H-pyrrole nitrogens is 1. The molecule has 0 spiro atoms. The highest BCUT2D eigenvalue weighted by atomic mass is 35.5. The lowest BCUT2D eigenvalue weighted by atomic mass is 10.3. The Morgan fingerprint density at radius 2 is 2.23 bits per heavy atom. The third-order valence-electron chi connectivity index (χ3n) is 1.77. The molecule has 3 heteroatoms. The van der Waals surface area contributed by atoms with Crippen molar-refractivity contribution in [3.8, 4) is 0 Å². The largest absolute Gasteiger partial charge is 0.338 e. The van der Waals surface area contributed by atoms with Crippen molar-refractivity contribution in [2.24, 2.45) is 0 Å². The Balaban J connectivity index is 2.44. The van der Waals surface area contributed by atoms with Gasteiger partial charge in [0.1, 0.15) is 5.82 Å². The van der Waals surface area contributed by atoms with Gasteiger partial charge in [-0.1, -0.05) is 18.2 Å². The second-order valence-corrected chi connectivity index (χ2v) is 3.00. The van der Waals surface area contributed by atoms with Crippen LogP contribution in [0.4, 0.5) is 0 Å². The summed E-state index contributed by atoms with van der Waals surface area (Å²) in [5.74, 6) is 1.36. The number of hydrogen-bond donors (Lipinski definition) is 1.